The molecule has 2 N–H and O–H groups in total. The van der Waals surface area contributed by atoms with Crippen LogP contribution in [0.1, 0.15) is 103 Å². The van der Waals surface area contributed by atoms with E-state index in [1.54, 1.807) is 26.2 Å². The van der Waals surface area contributed by atoms with Crippen LogP contribution in [0.4, 0.5) is 0 Å². The zero-order valence-corrected chi connectivity index (χ0v) is 31.3. The van der Waals surface area contributed by atoms with Crippen molar-refractivity contribution in [1.29, 1.82) is 0 Å². The van der Waals surface area contributed by atoms with Gasteiger partial charge in [-0.3, -0.25) is 19.2 Å². The molecule has 280 valence electrons. The van der Waals surface area contributed by atoms with Crippen LogP contribution in [0.15, 0.2) is 84.9 Å². The topological polar surface area (TPSA) is 137 Å². The van der Waals surface area contributed by atoms with E-state index < -0.39 is 0 Å². The van der Waals surface area contributed by atoms with Gasteiger partial charge in [-0.2, -0.15) is 0 Å². The molecule has 0 bridgehead atoms. The molecule has 2 aromatic heterocycles. The van der Waals surface area contributed by atoms with Crippen molar-refractivity contribution >= 4 is 23.4 Å². The summed E-state index contributed by atoms with van der Waals surface area (Å²) < 4.78 is 10.8. The fourth-order valence-electron chi connectivity index (χ4n) is 8.17. The Labute approximate surface area is 316 Å². The highest BCUT2D eigenvalue weighted by atomic mass is 16.5. The lowest BCUT2D eigenvalue weighted by Gasteiger charge is -2.14. The number of hydrogen-bond acceptors (Lipinski definition) is 8. The number of carbonyl (C=O) groups excluding carboxylic acids is 4. The van der Waals surface area contributed by atoms with E-state index in [2.05, 4.69) is 20.6 Å². The van der Waals surface area contributed by atoms with Gasteiger partial charge in [0, 0.05) is 61.3 Å². The van der Waals surface area contributed by atoms with Crippen molar-refractivity contribution in [2.45, 2.75) is 38.5 Å². The summed E-state index contributed by atoms with van der Waals surface area (Å²) in [4.78, 5) is 59.2. The van der Waals surface area contributed by atoms with Crippen LogP contribution < -0.4 is 10.6 Å². The van der Waals surface area contributed by atoms with Gasteiger partial charge in [-0.1, -0.05) is 74.5 Å². The third kappa shape index (κ3) is 8.05. The molecule has 10 heteroatoms. The first-order chi connectivity index (χ1) is 26.2. The second kappa shape index (κ2) is 16.1. The third-order valence-corrected chi connectivity index (χ3v) is 11.8. The highest BCUT2D eigenvalue weighted by Gasteiger charge is 2.55. The predicted octanol–water partition coefficient (Wildman–Crippen LogP) is 6.12. The van der Waals surface area contributed by atoms with Gasteiger partial charge in [0.05, 0.1) is 26.4 Å². The normalized spacial score (nSPS) is 24.1. The Hall–Kier alpha value is -5.06. The maximum atomic E-state index is 12.9. The number of aromatic nitrogens is 2. The Balaban J connectivity index is 0.000000167. The quantitative estimate of drug-likeness (QED) is 0.167. The first kappa shape index (κ1) is 37.3. The number of Topliss-reactive ketones (excluding diaryl/α,β-unsaturated/α-hetero) is 2. The maximum Gasteiger partial charge on any atom is 0.269 e. The Morgan fingerprint density at radius 3 is 1.28 bits per heavy atom. The smallest absolute Gasteiger partial charge is 0.269 e. The summed E-state index contributed by atoms with van der Waals surface area (Å²) >= 11 is 0. The number of nitrogens with one attached hydrogen (secondary N) is 2. The minimum absolute atomic E-state index is 0.00365. The molecule has 4 aromatic rings. The van der Waals surface area contributed by atoms with Gasteiger partial charge in [0.15, 0.2) is 11.6 Å². The van der Waals surface area contributed by atoms with Crippen LogP contribution in [-0.4, -0.2) is 73.9 Å². The molecule has 0 radical (unpaired) electrons. The molecular formula is C44H48N4O6. The lowest BCUT2D eigenvalue weighted by atomic mass is 9.94. The molecule has 4 fully saturated rings. The predicted molar refractivity (Wildman–Crippen MR) is 204 cm³/mol. The van der Waals surface area contributed by atoms with Crippen LogP contribution >= 0.6 is 0 Å². The van der Waals surface area contributed by atoms with Gasteiger partial charge in [-0.15, -0.1) is 0 Å². The Bertz CT molecular complexity index is 1860. The van der Waals surface area contributed by atoms with Gasteiger partial charge >= 0.3 is 0 Å². The highest BCUT2D eigenvalue weighted by molar-refractivity contribution is 6.01. The summed E-state index contributed by atoms with van der Waals surface area (Å²) in [5.74, 6) is 2.63. The van der Waals surface area contributed by atoms with E-state index in [9.17, 15) is 19.2 Å². The van der Waals surface area contributed by atoms with Crippen LogP contribution in [0.2, 0.25) is 0 Å². The van der Waals surface area contributed by atoms with E-state index >= 15 is 0 Å². The molecule has 2 saturated carbocycles. The minimum atomic E-state index is -0.275. The van der Waals surface area contributed by atoms with Crippen molar-refractivity contribution in [3.05, 3.63) is 130 Å². The highest BCUT2D eigenvalue weighted by Crippen LogP contribution is 2.53. The minimum Gasteiger partial charge on any atom is -0.381 e. The molecule has 2 unspecified atom stereocenters. The number of ketones is 2. The molecule has 2 aromatic carbocycles. The molecule has 10 nitrogen and oxygen atoms in total. The number of rotatable bonds is 12. The van der Waals surface area contributed by atoms with Crippen molar-refractivity contribution in [2.24, 2.45) is 35.5 Å². The average molecular weight is 729 g/mol. The number of carbonyl (C=O) groups is 4. The molecule has 2 aliphatic carbocycles. The third-order valence-electron chi connectivity index (χ3n) is 11.8. The lowest BCUT2D eigenvalue weighted by molar-refractivity contribution is 0.0937. The summed E-state index contributed by atoms with van der Waals surface area (Å²) in [6, 6.07) is 26.9. The van der Waals surface area contributed by atoms with Crippen LogP contribution in [0, 0.1) is 35.5 Å². The second-order valence-corrected chi connectivity index (χ2v) is 15.1. The van der Waals surface area contributed by atoms with Crippen LogP contribution in [0.5, 0.6) is 0 Å². The summed E-state index contributed by atoms with van der Waals surface area (Å²) in [6.45, 7) is 7.19. The summed E-state index contributed by atoms with van der Waals surface area (Å²) in [7, 11) is 3.15. The fourth-order valence-corrected chi connectivity index (χ4v) is 8.17. The summed E-state index contributed by atoms with van der Waals surface area (Å²) in [5.41, 5.74) is 5.42. The van der Waals surface area contributed by atoms with Gasteiger partial charge in [0.2, 0.25) is 0 Å². The molecule has 54 heavy (non-hydrogen) atoms. The number of benzene rings is 2. The molecular weight excluding hydrogens is 681 g/mol. The molecule has 4 heterocycles. The Morgan fingerprint density at radius 2 is 0.944 bits per heavy atom. The molecule has 8 atom stereocenters. The average Bonchev–Trinajstić information content (AvgIpc) is 3.80. The van der Waals surface area contributed by atoms with Gasteiger partial charge in [-0.05, 0) is 70.9 Å². The standard InChI is InChI=1S/2C22H24N2O3/c2*1-13(14-6-4-3-5-7-14)19-8-15(9-20(24-19)22(26)23-2)21(25)10-16-17-11-27-12-18(16)17/h2*3-9,13,16-18H,10-12H2,1-2H3,(H,23,26)/t2*13-,16?,17-,18+/m10/s1. The van der Waals surface area contributed by atoms with Crippen molar-refractivity contribution in [3.8, 4) is 0 Å². The van der Waals surface area contributed by atoms with Gasteiger partial charge < -0.3 is 20.1 Å². The van der Waals surface area contributed by atoms with Crippen LogP contribution in [0.3, 0.4) is 0 Å². The fraction of sp³-hybridized carbons (Fsp3) is 0.409. The number of amides is 2. The van der Waals surface area contributed by atoms with Crippen molar-refractivity contribution in [3.63, 3.8) is 0 Å². The number of ether oxygens (including phenoxy) is 2. The Morgan fingerprint density at radius 1 is 0.593 bits per heavy atom. The summed E-state index contributed by atoms with van der Waals surface area (Å²) in [5, 5.41) is 5.22. The molecule has 0 spiro atoms. The first-order valence-electron chi connectivity index (χ1n) is 19.0. The van der Waals surface area contributed by atoms with Crippen molar-refractivity contribution in [2.75, 3.05) is 40.5 Å². The number of hydrogen-bond donors (Lipinski definition) is 2. The van der Waals surface area contributed by atoms with E-state index in [4.69, 9.17) is 9.47 Å². The molecule has 4 aliphatic rings. The van der Waals surface area contributed by atoms with Gasteiger partial charge in [0.1, 0.15) is 11.4 Å². The van der Waals surface area contributed by atoms with E-state index in [-0.39, 0.29) is 35.2 Å². The Kier molecular flexibility index (Phi) is 11.1. The van der Waals surface area contributed by atoms with E-state index in [0.29, 0.717) is 70.9 Å². The largest absolute Gasteiger partial charge is 0.381 e. The van der Waals surface area contributed by atoms with E-state index in [0.717, 1.165) is 48.9 Å². The second-order valence-electron chi connectivity index (χ2n) is 15.1. The number of nitrogens with zero attached hydrogens (tertiary/aromatic N) is 2. The van der Waals surface area contributed by atoms with Crippen LogP contribution in [-0.2, 0) is 9.47 Å². The van der Waals surface area contributed by atoms with E-state index in [1.807, 2.05) is 86.6 Å². The summed E-state index contributed by atoms with van der Waals surface area (Å²) in [6.07, 6.45) is 1.05. The van der Waals surface area contributed by atoms with Gasteiger partial charge in [0.25, 0.3) is 11.8 Å². The molecule has 8 rings (SSSR count). The maximum absolute atomic E-state index is 12.9. The van der Waals surface area contributed by atoms with Crippen molar-refractivity contribution in [1.82, 2.24) is 20.6 Å². The SMILES string of the molecule is CNC(=O)c1cc(C(=O)CC2[C@H]3COC[C@@H]23)cc([C@@H](C)c2ccccc2)n1.CNC(=O)c1cc(C(=O)CC2[C@H]3COC[C@@H]23)cc([C@H](C)c2ccccc2)n1. The number of fused-ring (bicyclic) bond motifs is 2. The van der Waals surface area contributed by atoms with Crippen LogP contribution in [0.25, 0.3) is 0 Å². The van der Waals surface area contributed by atoms with Crippen molar-refractivity contribution < 1.29 is 28.7 Å². The molecule has 2 amide bonds. The zero-order valence-electron chi connectivity index (χ0n) is 31.3. The zero-order chi connectivity index (χ0) is 37.9. The molecule has 2 aliphatic heterocycles. The first-order valence-corrected chi connectivity index (χ1v) is 19.0. The van der Waals surface area contributed by atoms with E-state index in [1.165, 1.54) is 0 Å². The van der Waals surface area contributed by atoms with Gasteiger partial charge in [-0.25, -0.2) is 9.97 Å². The monoisotopic (exact) mass is 728 g/mol. The lowest BCUT2D eigenvalue weighted by Crippen LogP contribution is -2.21. The molecule has 2 saturated heterocycles. The number of pyridine rings is 2.